The number of aromatic nitrogens is 1. The molecule has 0 aliphatic carbocycles. The monoisotopic (exact) mass is 305 g/mol. The van der Waals surface area contributed by atoms with Crippen molar-refractivity contribution >= 4 is 29.1 Å². The van der Waals surface area contributed by atoms with E-state index in [0.29, 0.717) is 19.8 Å². The minimum absolute atomic E-state index is 0.0597. The van der Waals surface area contributed by atoms with Gasteiger partial charge in [0.2, 0.25) is 0 Å². The fourth-order valence-corrected chi connectivity index (χ4v) is 3.54. The molecule has 1 heterocycles. The zero-order chi connectivity index (χ0) is 14.1. The van der Waals surface area contributed by atoms with Crippen molar-refractivity contribution in [1.82, 2.24) is 4.98 Å². The molecule has 1 N–H and O–H groups in total. The lowest BCUT2D eigenvalue weighted by atomic mass is 10.3. The lowest BCUT2D eigenvalue weighted by molar-refractivity contribution is -0.136. The second-order valence-corrected chi connectivity index (χ2v) is 6.29. The van der Waals surface area contributed by atoms with Crippen molar-refractivity contribution in [2.75, 3.05) is 32.7 Å². The predicted molar refractivity (Wildman–Crippen MR) is 76.2 cm³/mol. The lowest BCUT2D eigenvalue weighted by Crippen LogP contribution is -2.03. The lowest BCUT2D eigenvalue weighted by Gasteiger charge is -2.02. The normalized spacial score (nSPS) is 10.8. The van der Waals surface area contributed by atoms with Gasteiger partial charge in [0.05, 0.1) is 25.3 Å². The molecule has 0 unspecified atom stereocenters. The second-order valence-electron chi connectivity index (χ2n) is 3.87. The number of carboxylic acids is 1. The summed E-state index contributed by atoms with van der Waals surface area (Å²) in [6.45, 7) is 3.81. The largest absolute Gasteiger partial charge is 0.481 e. The van der Waals surface area contributed by atoms with Gasteiger partial charge < -0.3 is 14.6 Å². The molecule has 0 bridgehead atoms. The number of aryl methyl sites for hydroxylation is 1. The number of aliphatic carboxylic acids is 1. The highest BCUT2D eigenvalue weighted by molar-refractivity contribution is 8.01. The number of rotatable bonds is 10. The highest BCUT2D eigenvalue weighted by Crippen LogP contribution is 2.27. The first kappa shape index (κ1) is 16.4. The van der Waals surface area contributed by atoms with Crippen molar-refractivity contribution in [2.24, 2.45) is 0 Å². The number of thiazole rings is 1. The van der Waals surface area contributed by atoms with Crippen LogP contribution in [-0.2, 0) is 20.7 Å². The molecular formula is C12H19NO4S2. The molecule has 0 aliphatic heterocycles. The molecule has 0 saturated carbocycles. The van der Waals surface area contributed by atoms with E-state index in [9.17, 15) is 4.79 Å². The van der Waals surface area contributed by atoms with Crippen LogP contribution in [0.25, 0.3) is 0 Å². The minimum Gasteiger partial charge on any atom is -0.481 e. The van der Waals surface area contributed by atoms with Crippen LogP contribution in [0.4, 0.5) is 0 Å². The number of carbonyl (C=O) groups is 1. The topological polar surface area (TPSA) is 68.7 Å². The van der Waals surface area contributed by atoms with E-state index in [-0.39, 0.29) is 6.42 Å². The summed E-state index contributed by atoms with van der Waals surface area (Å²) in [5.41, 5.74) is 0.825. The molecule has 0 saturated heterocycles. The molecule has 0 aromatic carbocycles. The Kier molecular flexibility index (Phi) is 8.04. The molecule has 1 rings (SSSR count). The van der Waals surface area contributed by atoms with E-state index in [0.717, 1.165) is 27.1 Å². The Morgan fingerprint density at radius 2 is 2.21 bits per heavy atom. The van der Waals surface area contributed by atoms with Gasteiger partial charge in [-0.3, -0.25) is 4.79 Å². The number of methoxy groups -OCH3 is 1. The Bertz CT molecular complexity index is 395. The van der Waals surface area contributed by atoms with Crippen molar-refractivity contribution in [3.8, 4) is 0 Å². The van der Waals surface area contributed by atoms with Crippen LogP contribution in [0.1, 0.15) is 17.0 Å². The van der Waals surface area contributed by atoms with E-state index in [2.05, 4.69) is 4.98 Å². The number of nitrogens with zero attached hydrogens (tertiary/aromatic N) is 1. The first-order valence-electron chi connectivity index (χ1n) is 6.01. The van der Waals surface area contributed by atoms with Crippen LogP contribution >= 0.6 is 23.1 Å². The van der Waals surface area contributed by atoms with Crippen molar-refractivity contribution in [3.63, 3.8) is 0 Å². The molecule has 5 nitrogen and oxygen atoms in total. The Labute approximate surface area is 121 Å². The van der Waals surface area contributed by atoms with Gasteiger partial charge in [-0.25, -0.2) is 4.98 Å². The van der Waals surface area contributed by atoms with Gasteiger partial charge >= 0.3 is 5.97 Å². The summed E-state index contributed by atoms with van der Waals surface area (Å²) >= 11 is 3.12. The smallest absolute Gasteiger partial charge is 0.308 e. The quantitative estimate of drug-likeness (QED) is 0.528. The summed E-state index contributed by atoms with van der Waals surface area (Å²) in [6.07, 6.45) is 1.01. The summed E-state index contributed by atoms with van der Waals surface area (Å²) < 4.78 is 11.2. The zero-order valence-corrected chi connectivity index (χ0v) is 12.8. The minimum atomic E-state index is -0.810. The number of thioether (sulfide) groups is 1. The molecule has 0 radical (unpaired) electrons. The molecule has 0 spiro atoms. The SMILES string of the molecule is COCCOCCCSc1nc(C)c(CC(=O)O)s1. The van der Waals surface area contributed by atoms with Crippen molar-refractivity contribution in [1.29, 1.82) is 0 Å². The van der Waals surface area contributed by atoms with Gasteiger partial charge in [-0.05, 0) is 13.3 Å². The summed E-state index contributed by atoms with van der Waals surface area (Å²) in [4.78, 5) is 15.9. The first-order valence-corrected chi connectivity index (χ1v) is 7.81. The van der Waals surface area contributed by atoms with Gasteiger partial charge in [-0.2, -0.15) is 0 Å². The molecule has 108 valence electrons. The van der Waals surface area contributed by atoms with Crippen LogP contribution in [0.5, 0.6) is 0 Å². The Hall–Kier alpha value is -0.630. The van der Waals surface area contributed by atoms with Gasteiger partial charge in [0, 0.05) is 24.3 Å². The van der Waals surface area contributed by atoms with Crippen molar-refractivity contribution in [2.45, 2.75) is 24.1 Å². The maximum Gasteiger partial charge on any atom is 0.308 e. The standard InChI is InChI=1S/C12H19NO4S2/c1-9-10(8-11(14)15)19-12(13-9)18-7-3-4-17-6-5-16-2/h3-8H2,1-2H3,(H,14,15). The maximum absolute atomic E-state index is 10.7. The Morgan fingerprint density at radius 3 is 2.89 bits per heavy atom. The molecule has 0 aliphatic rings. The van der Waals surface area contributed by atoms with Gasteiger partial charge in [-0.15, -0.1) is 11.3 Å². The van der Waals surface area contributed by atoms with E-state index in [4.69, 9.17) is 14.6 Å². The van der Waals surface area contributed by atoms with Crippen LogP contribution in [-0.4, -0.2) is 48.7 Å². The van der Waals surface area contributed by atoms with Crippen molar-refractivity contribution < 1.29 is 19.4 Å². The van der Waals surface area contributed by atoms with E-state index < -0.39 is 5.97 Å². The van der Waals surface area contributed by atoms with Gasteiger partial charge in [0.1, 0.15) is 4.34 Å². The number of carboxylic acid groups (broad SMARTS) is 1. The van der Waals surface area contributed by atoms with E-state index in [1.165, 1.54) is 11.3 Å². The number of hydrogen-bond donors (Lipinski definition) is 1. The van der Waals surface area contributed by atoms with Crippen LogP contribution in [0.2, 0.25) is 0 Å². The molecule has 19 heavy (non-hydrogen) atoms. The van der Waals surface area contributed by atoms with Gasteiger partial charge in [0.25, 0.3) is 0 Å². The third kappa shape index (κ3) is 6.91. The molecule has 7 heteroatoms. The van der Waals surface area contributed by atoms with Crippen LogP contribution < -0.4 is 0 Å². The van der Waals surface area contributed by atoms with E-state index >= 15 is 0 Å². The maximum atomic E-state index is 10.7. The number of ether oxygens (including phenoxy) is 2. The molecular weight excluding hydrogens is 286 g/mol. The van der Waals surface area contributed by atoms with Gasteiger partial charge in [-0.1, -0.05) is 11.8 Å². The zero-order valence-electron chi connectivity index (χ0n) is 11.2. The van der Waals surface area contributed by atoms with Gasteiger partial charge in [0.15, 0.2) is 0 Å². The number of hydrogen-bond acceptors (Lipinski definition) is 6. The summed E-state index contributed by atoms with van der Waals surface area (Å²) in [5, 5.41) is 8.76. The van der Waals surface area contributed by atoms with Crippen LogP contribution in [0.15, 0.2) is 4.34 Å². The fraction of sp³-hybridized carbons (Fsp3) is 0.667. The fourth-order valence-electron chi connectivity index (χ4n) is 1.33. The second kappa shape index (κ2) is 9.30. The molecule has 1 aromatic heterocycles. The summed E-state index contributed by atoms with van der Waals surface area (Å²) in [5.74, 6) is 0.113. The third-order valence-corrected chi connectivity index (χ3v) is 4.66. The van der Waals surface area contributed by atoms with Crippen molar-refractivity contribution in [3.05, 3.63) is 10.6 Å². The summed E-state index contributed by atoms with van der Waals surface area (Å²) in [7, 11) is 1.65. The third-order valence-electron chi connectivity index (χ3n) is 2.28. The van der Waals surface area contributed by atoms with Crippen LogP contribution in [0, 0.1) is 6.92 Å². The Balaban J connectivity index is 2.21. The Morgan fingerprint density at radius 1 is 1.42 bits per heavy atom. The van der Waals surface area contributed by atoms with E-state index in [1.54, 1.807) is 18.9 Å². The average Bonchev–Trinajstić information content (AvgIpc) is 2.68. The molecule has 0 fully saturated rings. The first-order chi connectivity index (χ1) is 9.13. The highest BCUT2D eigenvalue weighted by Gasteiger charge is 2.10. The predicted octanol–water partition coefficient (Wildman–Crippen LogP) is 2.22. The molecule has 0 atom stereocenters. The van der Waals surface area contributed by atoms with E-state index in [1.807, 2.05) is 6.92 Å². The molecule has 1 aromatic rings. The highest BCUT2D eigenvalue weighted by atomic mass is 32.2. The molecule has 0 amide bonds. The average molecular weight is 305 g/mol. The van der Waals surface area contributed by atoms with Crippen LogP contribution in [0.3, 0.4) is 0 Å². The summed E-state index contributed by atoms with van der Waals surface area (Å²) in [6, 6.07) is 0.